The third-order valence-corrected chi connectivity index (χ3v) is 7.22. The van der Waals surface area contributed by atoms with Crippen LogP contribution in [-0.4, -0.2) is 32.8 Å². The molecule has 1 N–H and O–H groups in total. The number of benzene rings is 2. The van der Waals surface area contributed by atoms with Gasteiger partial charge in [-0.2, -0.15) is 0 Å². The summed E-state index contributed by atoms with van der Waals surface area (Å²) in [5, 5.41) is 5.10. The van der Waals surface area contributed by atoms with Crippen molar-refractivity contribution in [2.24, 2.45) is 0 Å². The molecule has 1 unspecified atom stereocenters. The van der Waals surface area contributed by atoms with Gasteiger partial charge in [-0.15, -0.1) is 11.3 Å². The Labute approximate surface area is 190 Å². The Kier molecular flexibility index (Phi) is 5.27. The van der Waals surface area contributed by atoms with Crippen LogP contribution in [0.25, 0.3) is 11.0 Å². The van der Waals surface area contributed by atoms with E-state index in [0.717, 1.165) is 23.0 Å². The zero-order chi connectivity index (χ0) is 22.2. The summed E-state index contributed by atoms with van der Waals surface area (Å²) in [4.78, 5) is 33.9. The smallest absolute Gasteiger partial charge is 0.254 e. The van der Waals surface area contributed by atoms with Crippen LogP contribution in [0.5, 0.6) is 0 Å². The quantitative estimate of drug-likeness (QED) is 0.491. The topological polar surface area (TPSA) is 67.2 Å². The van der Waals surface area contributed by atoms with Crippen LogP contribution in [0.3, 0.4) is 0 Å². The van der Waals surface area contributed by atoms with E-state index in [1.165, 1.54) is 10.4 Å². The largest absolute Gasteiger partial charge is 0.334 e. The summed E-state index contributed by atoms with van der Waals surface area (Å²) in [6.45, 7) is 5.09. The minimum absolute atomic E-state index is 0.00380. The number of aromatic nitrogens is 2. The van der Waals surface area contributed by atoms with Crippen molar-refractivity contribution >= 4 is 39.9 Å². The molecule has 2 aromatic heterocycles. The predicted octanol–water partition coefficient (Wildman–Crippen LogP) is 4.80. The molecule has 2 amide bonds. The van der Waals surface area contributed by atoms with Gasteiger partial charge in [-0.05, 0) is 67.1 Å². The van der Waals surface area contributed by atoms with Crippen molar-refractivity contribution in [3.05, 3.63) is 81.8 Å². The first-order chi connectivity index (χ1) is 15.5. The lowest BCUT2D eigenvalue weighted by Crippen LogP contribution is -2.35. The third-order valence-electron chi connectivity index (χ3n) is 6.19. The van der Waals surface area contributed by atoms with Gasteiger partial charge in [0.2, 0.25) is 5.91 Å². The van der Waals surface area contributed by atoms with E-state index >= 15 is 0 Å². The molecule has 3 heterocycles. The molecule has 0 spiro atoms. The Bertz CT molecular complexity index is 1320. The van der Waals surface area contributed by atoms with Gasteiger partial charge in [0.25, 0.3) is 5.91 Å². The highest BCUT2D eigenvalue weighted by Crippen LogP contribution is 2.27. The fraction of sp³-hybridized carbons (Fsp3) is 0.240. The number of nitrogens with one attached hydrogen (secondary N) is 1. The molecule has 2 aromatic carbocycles. The first-order valence-electron chi connectivity index (χ1n) is 10.7. The van der Waals surface area contributed by atoms with E-state index in [-0.39, 0.29) is 11.8 Å². The van der Waals surface area contributed by atoms with Crippen molar-refractivity contribution in [2.45, 2.75) is 32.9 Å². The van der Waals surface area contributed by atoms with E-state index < -0.39 is 6.04 Å². The highest BCUT2D eigenvalue weighted by molar-refractivity contribution is 7.10. The summed E-state index contributed by atoms with van der Waals surface area (Å²) in [7, 11) is 0. The SMILES string of the molecule is Cc1c(NC(=O)C(C)n2cnc3ccccc32)cccc1C(=O)N1CCc2sccc2C1. The van der Waals surface area contributed by atoms with Gasteiger partial charge in [-0.3, -0.25) is 9.59 Å². The number of nitrogens with zero attached hydrogens (tertiary/aromatic N) is 3. The Morgan fingerprint density at radius 3 is 2.84 bits per heavy atom. The lowest BCUT2D eigenvalue weighted by atomic mass is 10.0. The minimum Gasteiger partial charge on any atom is -0.334 e. The molecule has 1 atom stereocenters. The van der Waals surface area contributed by atoms with Gasteiger partial charge in [0.15, 0.2) is 0 Å². The number of thiophene rings is 1. The molecule has 162 valence electrons. The Balaban J connectivity index is 1.35. The molecule has 0 fully saturated rings. The maximum Gasteiger partial charge on any atom is 0.254 e. The van der Waals surface area contributed by atoms with Gasteiger partial charge in [-0.1, -0.05) is 18.2 Å². The molecule has 0 bridgehead atoms. The molecular formula is C25H24N4O2S. The minimum atomic E-state index is -0.444. The number of fused-ring (bicyclic) bond motifs is 2. The second-order valence-electron chi connectivity index (χ2n) is 8.13. The van der Waals surface area contributed by atoms with Crippen LogP contribution >= 0.6 is 11.3 Å². The van der Waals surface area contributed by atoms with Gasteiger partial charge in [-0.25, -0.2) is 4.98 Å². The lowest BCUT2D eigenvalue weighted by molar-refractivity contribution is -0.118. The molecule has 0 radical (unpaired) electrons. The van der Waals surface area contributed by atoms with Crippen LogP contribution < -0.4 is 5.32 Å². The van der Waals surface area contributed by atoms with Gasteiger partial charge in [0, 0.05) is 29.2 Å². The van der Waals surface area contributed by atoms with E-state index in [9.17, 15) is 9.59 Å². The van der Waals surface area contributed by atoms with Crippen molar-refractivity contribution in [3.8, 4) is 0 Å². The fourth-order valence-electron chi connectivity index (χ4n) is 4.25. The van der Waals surface area contributed by atoms with Crippen molar-refractivity contribution in [1.82, 2.24) is 14.5 Å². The normalized spacial score (nSPS) is 14.2. The van der Waals surface area contributed by atoms with Crippen molar-refractivity contribution in [3.63, 3.8) is 0 Å². The van der Waals surface area contributed by atoms with E-state index in [1.54, 1.807) is 17.7 Å². The molecular weight excluding hydrogens is 420 g/mol. The highest BCUT2D eigenvalue weighted by Gasteiger charge is 2.25. The molecule has 0 saturated heterocycles. The zero-order valence-corrected chi connectivity index (χ0v) is 18.9. The number of carbonyl (C=O) groups excluding carboxylic acids is 2. The van der Waals surface area contributed by atoms with E-state index in [4.69, 9.17) is 0 Å². The Morgan fingerprint density at radius 2 is 1.97 bits per heavy atom. The lowest BCUT2D eigenvalue weighted by Gasteiger charge is -2.28. The van der Waals surface area contributed by atoms with Crippen LogP contribution in [0.15, 0.2) is 60.2 Å². The fourth-order valence-corrected chi connectivity index (χ4v) is 5.13. The number of para-hydroxylation sites is 2. The molecule has 0 saturated carbocycles. The van der Waals surface area contributed by atoms with Crippen LogP contribution in [-0.2, 0) is 17.8 Å². The number of amides is 2. The average molecular weight is 445 g/mol. The molecule has 0 aliphatic carbocycles. The van der Waals surface area contributed by atoms with Gasteiger partial charge in [0.05, 0.1) is 17.4 Å². The van der Waals surface area contributed by atoms with Gasteiger partial charge < -0.3 is 14.8 Å². The Hall–Kier alpha value is -3.45. The average Bonchev–Trinajstić information content (AvgIpc) is 3.46. The Morgan fingerprint density at radius 1 is 1.12 bits per heavy atom. The van der Waals surface area contributed by atoms with Crippen LogP contribution in [0.1, 0.15) is 39.3 Å². The van der Waals surface area contributed by atoms with Crippen LogP contribution in [0.4, 0.5) is 5.69 Å². The number of carbonyl (C=O) groups is 2. The van der Waals surface area contributed by atoms with Crippen molar-refractivity contribution in [2.75, 3.05) is 11.9 Å². The first kappa shape index (κ1) is 20.5. The zero-order valence-electron chi connectivity index (χ0n) is 18.0. The second kappa shape index (κ2) is 8.24. The maximum atomic E-state index is 13.3. The monoisotopic (exact) mass is 444 g/mol. The summed E-state index contributed by atoms with van der Waals surface area (Å²) in [5.41, 5.74) is 5.07. The molecule has 6 nitrogen and oxygen atoms in total. The second-order valence-corrected chi connectivity index (χ2v) is 9.13. The summed E-state index contributed by atoms with van der Waals surface area (Å²) in [6, 6.07) is 14.9. The molecule has 7 heteroatoms. The predicted molar refractivity (Wildman–Crippen MR) is 127 cm³/mol. The highest BCUT2D eigenvalue weighted by atomic mass is 32.1. The molecule has 1 aliphatic heterocycles. The van der Waals surface area contributed by atoms with E-state index in [0.29, 0.717) is 24.3 Å². The van der Waals surface area contributed by atoms with E-state index in [2.05, 4.69) is 21.7 Å². The summed E-state index contributed by atoms with van der Waals surface area (Å²) in [6.07, 6.45) is 2.58. The van der Waals surface area contributed by atoms with Crippen LogP contribution in [0.2, 0.25) is 0 Å². The van der Waals surface area contributed by atoms with Crippen molar-refractivity contribution < 1.29 is 9.59 Å². The summed E-state index contributed by atoms with van der Waals surface area (Å²) in [5.74, 6) is -0.147. The standard InChI is InChI=1S/C25H24N4O2S/c1-16-19(25(31)28-12-10-23-18(14-28)11-13-32-23)6-5-8-20(16)27-24(30)17(2)29-15-26-21-7-3-4-9-22(21)29/h3-9,11,13,15,17H,10,12,14H2,1-2H3,(H,27,30). The number of hydrogen-bond acceptors (Lipinski definition) is 4. The van der Waals surface area contributed by atoms with E-state index in [1.807, 2.05) is 65.8 Å². The maximum absolute atomic E-state index is 13.3. The number of rotatable bonds is 4. The third kappa shape index (κ3) is 3.58. The number of imidazole rings is 1. The number of anilines is 1. The first-order valence-corrected chi connectivity index (χ1v) is 11.6. The molecule has 4 aromatic rings. The van der Waals surface area contributed by atoms with Crippen LogP contribution in [0, 0.1) is 6.92 Å². The van der Waals surface area contributed by atoms with Gasteiger partial charge in [0.1, 0.15) is 6.04 Å². The molecule has 32 heavy (non-hydrogen) atoms. The van der Waals surface area contributed by atoms with Gasteiger partial charge >= 0.3 is 0 Å². The molecule has 5 rings (SSSR count). The molecule has 1 aliphatic rings. The number of hydrogen-bond donors (Lipinski definition) is 1. The summed E-state index contributed by atoms with van der Waals surface area (Å²) >= 11 is 1.76. The summed E-state index contributed by atoms with van der Waals surface area (Å²) < 4.78 is 1.86. The van der Waals surface area contributed by atoms with Crippen molar-refractivity contribution in [1.29, 1.82) is 0 Å².